The molecule has 138 valence electrons. The van der Waals surface area contributed by atoms with E-state index in [0.29, 0.717) is 0 Å². The van der Waals surface area contributed by atoms with Crippen molar-refractivity contribution in [1.82, 2.24) is 0 Å². The van der Waals surface area contributed by atoms with Crippen molar-refractivity contribution in [3.8, 4) is 11.1 Å². The SMILES string of the molecule is CC1(C)CCC(C)(C)c2cc(-c3ccc(Nc4ccccc4)cc3)ccc21. The molecule has 0 saturated heterocycles. The summed E-state index contributed by atoms with van der Waals surface area (Å²) < 4.78 is 0. The van der Waals surface area contributed by atoms with Crippen molar-refractivity contribution in [3.05, 3.63) is 83.9 Å². The lowest BCUT2D eigenvalue weighted by Crippen LogP contribution is -2.33. The van der Waals surface area contributed by atoms with E-state index >= 15 is 0 Å². The van der Waals surface area contributed by atoms with Gasteiger partial charge in [0, 0.05) is 11.4 Å². The van der Waals surface area contributed by atoms with Gasteiger partial charge in [-0.15, -0.1) is 0 Å². The highest BCUT2D eigenvalue weighted by Crippen LogP contribution is 2.46. The molecule has 0 amide bonds. The fourth-order valence-corrected chi connectivity index (χ4v) is 4.20. The molecule has 0 atom stereocenters. The third-order valence-corrected chi connectivity index (χ3v) is 6.13. The average molecular weight is 356 g/mol. The van der Waals surface area contributed by atoms with Gasteiger partial charge in [-0.2, -0.15) is 0 Å². The van der Waals surface area contributed by atoms with Crippen molar-refractivity contribution < 1.29 is 0 Å². The van der Waals surface area contributed by atoms with Gasteiger partial charge in [0.1, 0.15) is 0 Å². The van der Waals surface area contributed by atoms with Crippen LogP contribution in [0.25, 0.3) is 11.1 Å². The zero-order valence-electron chi connectivity index (χ0n) is 16.8. The first-order chi connectivity index (χ1) is 12.9. The zero-order chi connectivity index (χ0) is 19.1. The normalized spacial score (nSPS) is 17.2. The molecule has 1 nitrogen and oxygen atoms in total. The molecule has 1 N–H and O–H groups in total. The van der Waals surface area contributed by atoms with E-state index in [4.69, 9.17) is 0 Å². The van der Waals surface area contributed by atoms with Crippen molar-refractivity contribution in [3.63, 3.8) is 0 Å². The van der Waals surface area contributed by atoms with Crippen LogP contribution >= 0.6 is 0 Å². The molecular weight excluding hydrogens is 326 g/mol. The molecule has 0 bridgehead atoms. The molecule has 27 heavy (non-hydrogen) atoms. The summed E-state index contributed by atoms with van der Waals surface area (Å²) in [6, 6.07) is 26.1. The van der Waals surface area contributed by atoms with Gasteiger partial charge in [0.15, 0.2) is 0 Å². The van der Waals surface area contributed by atoms with Crippen LogP contribution in [0.1, 0.15) is 51.7 Å². The number of para-hydroxylation sites is 1. The summed E-state index contributed by atoms with van der Waals surface area (Å²) in [4.78, 5) is 0. The summed E-state index contributed by atoms with van der Waals surface area (Å²) in [5, 5.41) is 3.46. The maximum atomic E-state index is 3.46. The first-order valence-corrected chi connectivity index (χ1v) is 9.93. The Balaban J connectivity index is 1.64. The minimum Gasteiger partial charge on any atom is -0.356 e. The molecule has 0 fully saturated rings. The Morgan fingerprint density at radius 1 is 0.593 bits per heavy atom. The van der Waals surface area contributed by atoms with Crippen LogP contribution in [0.5, 0.6) is 0 Å². The van der Waals surface area contributed by atoms with Gasteiger partial charge < -0.3 is 5.32 Å². The summed E-state index contributed by atoms with van der Waals surface area (Å²) in [6.07, 6.45) is 2.50. The first kappa shape index (κ1) is 17.9. The van der Waals surface area contributed by atoms with Crippen molar-refractivity contribution >= 4 is 11.4 Å². The fourth-order valence-electron chi connectivity index (χ4n) is 4.20. The Morgan fingerprint density at radius 3 is 1.81 bits per heavy atom. The Labute approximate surface area is 163 Å². The lowest BCUT2D eigenvalue weighted by Gasteiger charge is -2.42. The summed E-state index contributed by atoms with van der Waals surface area (Å²) >= 11 is 0. The Kier molecular flexibility index (Phi) is 4.34. The smallest absolute Gasteiger partial charge is 0.0384 e. The Morgan fingerprint density at radius 2 is 1.15 bits per heavy atom. The second-order valence-corrected chi connectivity index (χ2v) is 9.10. The molecule has 0 unspecified atom stereocenters. The van der Waals surface area contributed by atoms with Crippen LogP contribution in [0.2, 0.25) is 0 Å². The first-order valence-electron chi connectivity index (χ1n) is 9.93. The third-order valence-electron chi connectivity index (χ3n) is 6.13. The van der Waals surface area contributed by atoms with E-state index in [1.165, 1.54) is 35.1 Å². The van der Waals surface area contributed by atoms with Gasteiger partial charge in [-0.1, -0.05) is 76.2 Å². The summed E-state index contributed by atoms with van der Waals surface area (Å²) in [5.74, 6) is 0. The van der Waals surface area contributed by atoms with Crippen molar-refractivity contribution in [2.75, 3.05) is 5.32 Å². The minimum atomic E-state index is 0.246. The fraction of sp³-hybridized carbons (Fsp3) is 0.308. The van der Waals surface area contributed by atoms with Crippen molar-refractivity contribution in [2.24, 2.45) is 0 Å². The molecule has 0 aliphatic heterocycles. The molecule has 4 rings (SSSR count). The Hall–Kier alpha value is -2.54. The zero-order valence-corrected chi connectivity index (χ0v) is 16.8. The third kappa shape index (κ3) is 3.51. The lowest BCUT2D eigenvalue weighted by molar-refractivity contribution is 0.332. The molecule has 0 radical (unpaired) electrons. The van der Waals surface area contributed by atoms with Crippen LogP contribution in [-0.4, -0.2) is 0 Å². The van der Waals surface area contributed by atoms with Gasteiger partial charge in [-0.25, -0.2) is 0 Å². The van der Waals surface area contributed by atoms with E-state index in [1.54, 1.807) is 0 Å². The second kappa shape index (κ2) is 6.56. The number of hydrogen-bond donors (Lipinski definition) is 1. The largest absolute Gasteiger partial charge is 0.356 e. The van der Waals surface area contributed by atoms with E-state index in [-0.39, 0.29) is 10.8 Å². The highest BCUT2D eigenvalue weighted by Gasteiger charge is 2.36. The van der Waals surface area contributed by atoms with Crippen LogP contribution in [0.15, 0.2) is 72.8 Å². The molecular formula is C26H29N. The maximum absolute atomic E-state index is 3.46. The number of nitrogens with one attached hydrogen (secondary N) is 1. The van der Waals surface area contributed by atoms with Crippen LogP contribution < -0.4 is 5.32 Å². The highest BCUT2D eigenvalue weighted by atomic mass is 14.9. The molecule has 1 heteroatoms. The van der Waals surface area contributed by atoms with Gasteiger partial charge >= 0.3 is 0 Å². The van der Waals surface area contributed by atoms with Gasteiger partial charge in [0.25, 0.3) is 0 Å². The van der Waals surface area contributed by atoms with Gasteiger partial charge in [-0.3, -0.25) is 0 Å². The van der Waals surface area contributed by atoms with Crippen molar-refractivity contribution in [1.29, 1.82) is 0 Å². The summed E-state index contributed by atoms with van der Waals surface area (Å²) in [7, 11) is 0. The average Bonchev–Trinajstić information content (AvgIpc) is 2.67. The number of benzene rings is 3. The molecule has 3 aromatic carbocycles. The standard InChI is InChI=1S/C26H29N/c1-25(2)16-17-26(3,4)24-18-20(12-15-23(24)25)19-10-13-22(14-11-19)27-21-8-6-5-7-9-21/h5-15,18,27H,16-17H2,1-4H3. The lowest BCUT2D eigenvalue weighted by atomic mass is 9.63. The summed E-state index contributed by atoms with van der Waals surface area (Å²) in [5.41, 5.74) is 8.36. The Bertz CT molecular complexity index is 934. The number of fused-ring (bicyclic) bond motifs is 1. The van der Waals surface area contributed by atoms with Gasteiger partial charge in [-0.05, 0) is 70.2 Å². The quantitative estimate of drug-likeness (QED) is 0.514. The van der Waals surface area contributed by atoms with Gasteiger partial charge in [0.2, 0.25) is 0 Å². The maximum Gasteiger partial charge on any atom is 0.0384 e. The molecule has 0 spiro atoms. The van der Waals surface area contributed by atoms with E-state index in [9.17, 15) is 0 Å². The van der Waals surface area contributed by atoms with E-state index in [0.717, 1.165) is 11.4 Å². The molecule has 1 aliphatic carbocycles. The second-order valence-electron chi connectivity index (χ2n) is 9.10. The minimum absolute atomic E-state index is 0.246. The molecule has 0 saturated carbocycles. The van der Waals surface area contributed by atoms with Crippen LogP contribution in [0.3, 0.4) is 0 Å². The molecule has 0 heterocycles. The molecule has 1 aliphatic rings. The van der Waals surface area contributed by atoms with Crippen LogP contribution in [0, 0.1) is 0 Å². The predicted molar refractivity (Wildman–Crippen MR) is 117 cm³/mol. The van der Waals surface area contributed by atoms with E-state index < -0.39 is 0 Å². The predicted octanol–water partition coefficient (Wildman–Crippen LogP) is 7.45. The van der Waals surface area contributed by atoms with E-state index in [2.05, 4.69) is 87.6 Å². The monoisotopic (exact) mass is 355 g/mol. The number of hydrogen-bond acceptors (Lipinski definition) is 1. The number of rotatable bonds is 3. The molecule has 3 aromatic rings. The van der Waals surface area contributed by atoms with Crippen LogP contribution in [-0.2, 0) is 10.8 Å². The summed E-state index contributed by atoms with van der Waals surface area (Å²) in [6.45, 7) is 9.53. The van der Waals surface area contributed by atoms with Crippen molar-refractivity contribution in [2.45, 2.75) is 51.4 Å². The van der Waals surface area contributed by atoms with Crippen LogP contribution in [0.4, 0.5) is 11.4 Å². The number of anilines is 2. The van der Waals surface area contributed by atoms with E-state index in [1.807, 2.05) is 18.2 Å². The topological polar surface area (TPSA) is 12.0 Å². The van der Waals surface area contributed by atoms with Gasteiger partial charge in [0.05, 0.1) is 0 Å². The molecule has 0 aromatic heterocycles. The highest BCUT2D eigenvalue weighted by molar-refractivity contribution is 5.70.